The molecule has 3 aromatic rings. The Morgan fingerprint density at radius 1 is 0.684 bits per heavy atom. The smallest absolute Gasteiger partial charge is 1.00 e. The number of hydrogen-bond donors (Lipinski definition) is 0. The van der Waals surface area contributed by atoms with E-state index in [-0.39, 0.29) is 29.2 Å². The summed E-state index contributed by atoms with van der Waals surface area (Å²) in [5.41, 5.74) is 8.70. The van der Waals surface area contributed by atoms with Gasteiger partial charge in [-0.2, -0.15) is 0 Å². The first-order valence-corrected chi connectivity index (χ1v) is 13.2. The molecular formula is C33H44ClCoN3. The molecule has 0 saturated carbocycles. The zero-order valence-electron chi connectivity index (χ0n) is 24.2. The second-order valence-electron chi connectivity index (χ2n) is 10.4. The van der Waals surface area contributed by atoms with Gasteiger partial charge >= 0.3 is 16.8 Å². The summed E-state index contributed by atoms with van der Waals surface area (Å²) in [5, 5.41) is 0. The van der Waals surface area contributed by atoms with E-state index in [1.54, 1.807) is 12.4 Å². The Bertz CT molecular complexity index is 1080. The fourth-order valence-electron chi connectivity index (χ4n) is 4.17. The van der Waals surface area contributed by atoms with Gasteiger partial charge in [-0.3, -0.25) is 15.0 Å². The van der Waals surface area contributed by atoms with Gasteiger partial charge in [0.05, 0.1) is 11.4 Å². The van der Waals surface area contributed by atoms with E-state index in [0.717, 1.165) is 17.8 Å². The topological polar surface area (TPSA) is 37.6 Å². The molecule has 207 valence electrons. The predicted octanol–water partition coefficient (Wildman–Crippen LogP) is 6.74. The third-order valence-electron chi connectivity index (χ3n) is 6.18. The average Bonchev–Trinajstić information content (AvgIpc) is 2.85. The van der Waals surface area contributed by atoms with Crippen molar-refractivity contribution in [1.29, 1.82) is 0 Å². The van der Waals surface area contributed by atoms with Crippen LogP contribution in [0.25, 0.3) is 0 Å². The molecule has 0 fully saturated rings. The Morgan fingerprint density at radius 3 is 1.45 bits per heavy atom. The van der Waals surface area contributed by atoms with Crippen LogP contribution in [0.5, 0.6) is 0 Å². The van der Waals surface area contributed by atoms with Crippen LogP contribution in [0.3, 0.4) is 0 Å². The van der Waals surface area contributed by atoms with Crippen LogP contribution in [-0.4, -0.2) is 17.4 Å². The van der Waals surface area contributed by atoms with Gasteiger partial charge in [0.2, 0.25) is 0 Å². The van der Waals surface area contributed by atoms with Gasteiger partial charge in [-0.15, -0.1) is 6.21 Å². The van der Waals surface area contributed by atoms with Crippen molar-refractivity contribution in [2.75, 3.05) is 0 Å². The molecule has 0 atom stereocenters. The zero-order chi connectivity index (χ0) is 26.7. The number of pyridine rings is 1. The van der Waals surface area contributed by atoms with Gasteiger partial charge < -0.3 is 19.3 Å². The summed E-state index contributed by atoms with van der Waals surface area (Å²) in [5.74, 6) is 1.97. The molecule has 0 aliphatic carbocycles. The van der Waals surface area contributed by atoms with E-state index < -0.39 is 0 Å². The molecule has 0 bridgehead atoms. The van der Waals surface area contributed by atoms with Crippen LogP contribution >= 0.6 is 0 Å². The zero-order valence-corrected chi connectivity index (χ0v) is 26.0. The number of aliphatic imine (C=N–C) groups is 2. The van der Waals surface area contributed by atoms with Crippen LogP contribution in [0.1, 0.15) is 107 Å². The fourth-order valence-corrected chi connectivity index (χ4v) is 4.17. The number of aromatic nitrogens is 1. The maximum absolute atomic E-state index is 4.79. The minimum absolute atomic E-state index is 0. The Morgan fingerprint density at radius 2 is 1.11 bits per heavy atom. The Hall–Kier alpha value is -2.40. The second kappa shape index (κ2) is 18.0. The minimum Gasteiger partial charge on any atom is -1.00 e. The van der Waals surface area contributed by atoms with Crippen molar-refractivity contribution in [2.45, 2.75) is 85.5 Å². The van der Waals surface area contributed by atoms with Crippen LogP contribution in [-0.2, 0) is 23.2 Å². The summed E-state index contributed by atoms with van der Waals surface area (Å²) in [6, 6.07) is 17.0. The first kappa shape index (κ1) is 35.6. The quantitative estimate of drug-likeness (QED) is 0.216. The van der Waals surface area contributed by atoms with Gasteiger partial charge in [-0.25, -0.2) is 0 Å². The summed E-state index contributed by atoms with van der Waals surface area (Å²) < 4.78 is 0. The van der Waals surface area contributed by atoms with Crippen molar-refractivity contribution in [2.24, 2.45) is 9.98 Å². The first-order valence-electron chi connectivity index (χ1n) is 13.2. The summed E-state index contributed by atoms with van der Waals surface area (Å²) in [6.45, 7) is 21.4. The van der Waals surface area contributed by atoms with Crippen LogP contribution < -0.4 is 12.4 Å². The number of para-hydroxylation sites is 2. The maximum Gasteiger partial charge on any atom is 2.00 e. The minimum atomic E-state index is 0. The molecule has 3 rings (SSSR count). The van der Waals surface area contributed by atoms with Crippen molar-refractivity contribution in [3.05, 3.63) is 95.7 Å². The Labute approximate surface area is 248 Å². The summed E-state index contributed by atoms with van der Waals surface area (Å²) in [7, 11) is 0. The largest absolute Gasteiger partial charge is 2.00 e. The molecule has 0 amide bonds. The van der Waals surface area contributed by atoms with E-state index in [4.69, 9.17) is 4.99 Å². The van der Waals surface area contributed by atoms with Gasteiger partial charge in [0.1, 0.15) is 0 Å². The van der Waals surface area contributed by atoms with Crippen LogP contribution in [0, 0.1) is 6.92 Å². The Kier molecular flexibility index (Phi) is 16.8. The average molecular weight is 577 g/mol. The third-order valence-corrected chi connectivity index (χ3v) is 6.18. The molecule has 38 heavy (non-hydrogen) atoms. The van der Waals surface area contributed by atoms with Gasteiger partial charge in [-0.05, 0) is 57.6 Å². The van der Waals surface area contributed by atoms with Gasteiger partial charge in [0.15, 0.2) is 0 Å². The van der Waals surface area contributed by atoms with Crippen molar-refractivity contribution >= 4 is 23.8 Å². The van der Waals surface area contributed by atoms with Crippen molar-refractivity contribution in [3.63, 3.8) is 0 Å². The summed E-state index contributed by atoms with van der Waals surface area (Å²) in [4.78, 5) is 13.3. The van der Waals surface area contributed by atoms with E-state index >= 15 is 0 Å². The molecule has 0 saturated heterocycles. The first-order chi connectivity index (χ1) is 17.2. The predicted molar refractivity (Wildman–Crippen MR) is 159 cm³/mol. The summed E-state index contributed by atoms with van der Waals surface area (Å²) >= 11 is 0. The van der Waals surface area contributed by atoms with Gasteiger partial charge in [0, 0.05) is 25.0 Å². The van der Waals surface area contributed by atoms with E-state index in [2.05, 4.69) is 115 Å². The maximum atomic E-state index is 4.79. The Balaban J connectivity index is 0.000000720. The monoisotopic (exact) mass is 576 g/mol. The third kappa shape index (κ3) is 10.4. The number of nitrogens with zero attached hydrogens (tertiary/aromatic N) is 3. The number of rotatable bonds is 8. The molecule has 1 aromatic heterocycles. The van der Waals surface area contributed by atoms with E-state index in [9.17, 15) is 0 Å². The molecule has 1 radical (unpaired) electrons. The van der Waals surface area contributed by atoms with Gasteiger partial charge in [0.25, 0.3) is 0 Å². The second-order valence-corrected chi connectivity index (χ2v) is 10.4. The molecule has 0 spiro atoms. The van der Waals surface area contributed by atoms with E-state index in [0.29, 0.717) is 23.7 Å². The van der Waals surface area contributed by atoms with Crippen LogP contribution in [0.4, 0.5) is 11.4 Å². The normalized spacial score (nSPS) is 11.2. The van der Waals surface area contributed by atoms with Crippen LogP contribution in [0.2, 0.25) is 0 Å². The fraction of sp³-hybridized carbons (Fsp3) is 0.394. The molecule has 0 N–H and O–H groups in total. The molecular weight excluding hydrogens is 533 g/mol. The number of benzene rings is 2. The van der Waals surface area contributed by atoms with Crippen molar-refractivity contribution < 1.29 is 29.2 Å². The van der Waals surface area contributed by atoms with E-state index in [1.807, 2.05) is 18.5 Å². The number of hydrogen-bond acceptors (Lipinski definition) is 3. The molecule has 0 aliphatic rings. The molecule has 3 nitrogen and oxygen atoms in total. The summed E-state index contributed by atoms with van der Waals surface area (Å²) in [6.07, 6.45) is 8.14. The molecule has 2 aromatic carbocycles. The van der Waals surface area contributed by atoms with E-state index in [1.165, 1.54) is 27.8 Å². The molecule has 1 heterocycles. The van der Waals surface area contributed by atoms with Gasteiger partial charge in [-0.1, -0.05) is 97.9 Å². The standard InChI is InChI=1S/C19H24N2.C14H20N.ClH.Co/c1-14(2)17-8-5-9-18(15(3)4)19(17)21-12-10-16-7-6-11-20-13-16;1-6-15-14-12(10(2)3)8-7-9-13(14)11(4)5;;/h5-9,11-15H,10H2,1-4H3;6-11H,1H2,2-5H3;1H;/q;-1;;+2/p-1. The number of halogens is 1. The van der Waals surface area contributed by atoms with Crippen molar-refractivity contribution in [1.82, 2.24) is 4.98 Å². The molecule has 5 heteroatoms. The van der Waals surface area contributed by atoms with Crippen LogP contribution in [0.15, 0.2) is 70.9 Å². The van der Waals surface area contributed by atoms with Crippen molar-refractivity contribution in [3.8, 4) is 0 Å². The SMILES string of the molecule is CC(C)c1cccc(C(C)C)c1N=CCc1cccnc1.[CH2-]C=Nc1c(C(C)C)cccc1C(C)C.[Cl-].[Co+2]. The molecule has 0 unspecified atom stereocenters. The molecule has 0 aliphatic heterocycles.